The van der Waals surface area contributed by atoms with Crippen LogP contribution in [0.2, 0.25) is 10.0 Å². The van der Waals surface area contributed by atoms with Crippen LogP contribution < -0.4 is 20.1 Å². The molecular weight excluding hydrogens is 467 g/mol. The van der Waals surface area contributed by atoms with E-state index in [4.69, 9.17) is 37.1 Å². The molecular formula is C24H18Cl2N2O5. The first-order valence-corrected chi connectivity index (χ1v) is 10.5. The maximum atomic E-state index is 13.2. The lowest BCUT2D eigenvalue weighted by atomic mass is 10.1. The van der Waals surface area contributed by atoms with E-state index in [-0.39, 0.29) is 22.0 Å². The molecule has 2 amide bonds. The molecule has 1 aromatic heterocycles. The van der Waals surface area contributed by atoms with Crippen molar-refractivity contribution in [3.05, 3.63) is 82.0 Å². The van der Waals surface area contributed by atoms with Gasteiger partial charge in [0.05, 0.1) is 30.5 Å². The first-order chi connectivity index (χ1) is 15.9. The normalized spacial score (nSPS) is 10.7. The third-order valence-electron chi connectivity index (χ3n) is 4.87. The van der Waals surface area contributed by atoms with Gasteiger partial charge in [-0.25, -0.2) is 0 Å². The van der Waals surface area contributed by atoms with Crippen LogP contribution in [0.1, 0.15) is 20.9 Å². The number of hydrogen-bond acceptors (Lipinski definition) is 5. The van der Waals surface area contributed by atoms with Crippen LogP contribution in [0, 0.1) is 0 Å². The molecule has 0 spiro atoms. The summed E-state index contributed by atoms with van der Waals surface area (Å²) in [6.07, 6.45) is 0. The average Bonchev–Trinajstić information content (AvgIpc) is 3.17. The summed E-state index contributed by atoms with van der Waals surface area (Å²) >= 11 is 12.1. The van der Waals surface area contributed by atoms with E-state index in [0.29, 0.717) is 33.2 Å². The largest absolute Gasteiger partial charge is 0.497 e. The Balaban J connectivity index is 1.70. The van der Waals surface area contributed by atoms with Gasteiger partial charge in [0.1, 0.15) is 22.8 Å². The van der Waals surface area contributed by atoms with E-state index >= 15 is 0 Å². The summed E-state index contributed by atoms with van der Waals surface area (Å²) in [6, 6.07) is 16.5. The molecule has 0 saturated heterocycles. The summed E-state index contributed by atoms with van der Waals surface area (Å²) in [6.45, 7) is 0. The van der Waals surface area contributed by atoms with Crippen LogP contribution >= 0.6 is 23.2 Å². The summed E-state index contributed by atoms with van der Waals surface area (Å²) in [5.74, 6) is -0.197. The summed E-state index contributed by atoms with van der Waals surface area (Å²) in [7, 11) is 3.01. The molecule has 0 aliphatic heterocycles. The lowest BCUT2D eigenvalue weighted by Gasteiger charge is -2.12. The Hall–Kier alpha value is -3.68. The minimum Gasteiger partial charge on any atom is -0.497 e. The lowest BCUT2D eigenvalue weighted by molar-refractivity contribution is 0.0999. The number of hydrogen-bond donors (Lipinski definition) is 2. The van der Waals surface area contributed by atoms with Crippen molar-refractivity contribution in [1.29, 1.82) is 0 Å². The number of amides is 2. The van der Waals surface area contributed by atoms with E-state index in [1.54, 1.807) is 48.5 Å². The topological polar surface area (TPSA) is 89.8 Å². The number of furan rings is 1. The maximum absolute atomic E-state index is 13.2. The molecule has 0 aliphatic rings. The van der Waals surface area contributed by atoms with Gasteiger partial charge in [0.25, 0.3) is 11.8 Å². The summed E-state index contributed by atoms with van der Waals surface area (Å²) in [5, 5.41) is 6.65. The molecule has 0 unspecified atom stereocenters. The molecule has 9 heteroatoms. The fourth-order valence-corrected chi connectivity index (χ4v) is 3.76. The van der Waals surface area contributed by atoms with Gasteiger partial charge >= 0.3 is 0 Å². The van der Waals surface area contributed by atoms with Gasteiger partial charge in [-0.3, -0.25) is 9.59 Å². The highest BCUT2D eigenvalue weighted by atomic mass is 35.5. The van der Waals surface area contributed by atoms with Crippen molar-refractivity contribution in [2.75, 3.05) is 24.9 Å². The molecule has 0 fully saturated rings. The van der Waals surface area contributed by atoms with Crippen molar-refractivity contribution < 1.29 is 23.5 Å². The average molecular weight is 485 g/mol. The number of halogens is 2. The van der Waals surface area contributed by atoms with E-state index in [1.165, 1.54) is 26.4 Å². The van der Waals surface area contributed by atoms with Gasteiger partial charge in [-0.1, -0.05) is 35.3 Å². The Kier molecular flexibility index (Phi) is 6.44. The zero-order valence-corrected chi connectivity index (χ0v) is 19.1. The van der Waals surface area contributed by atoms with Crippen LogP contribution in [-0.2, 0) is 0 Å². The fraction of sp³-hybridized carbons (Fsp3) is 0.0833. The number of rotatable bonds is 6. The SMILES string of the molecule is COc1ccc(NC(=O)c2oc3ccccc3c2NC(=O)c2ccc(Cl)cc2Cl)c(OC)c1. The quantitative estimate of drug-likeness (QED) is 0.337. The number of fused-ring (bicyclic) bond motifs is 1. The zero-order chi connectivity index (χ0) is 23.5. The number of benzene rings is 3. The fourth-order valence-electron chi connectivity index (χ4n) is 3.26. The van der Waals surface area contributed by atoms with Crippen LogP contribution in [0.3, 0.4) is 0 Å². The summed E-state index contributed by atoms with van der Waals surface area (Å²) < 4.78 is 16.3. The number of carbonyl (C=O) groups excluding carboxylic acids is 2. The minimum atomic E-state index is -0.577. The van der Waals surface area contributed by atoms with Crippen LogP contribution in [-0.4, -0.2) is 26.0 Å². The Morgan fingerprint density at radius 3 is 2.39 bits per heavy atom. The number of anilines is 2. The molecule has 0 aliphatic carbocycles. The van der Waals surface area contributed by atoms with Crippen LogP contribution in [0.15, 0.2) is 65.1 Å². The van der Waals surface area contributed by atoms with Crippen molar-refractivity contribution in [2.45, 2.75) is 0 Å². The third-order valence-corrected chi connectivity index (χ3v) is 5.42. The van der Waals surface area contributed by atoms with Crippen molar-refractivity contribution in [1.82, 2.24) is 0 Å². The number of ether oxygens (including phenoxy) is 2. The molecule has 4 rings (SSSR count). The van der Waals surface area contributed by atoms with Gasteiger partial charge in [-0.2, -0.15) is 0 Å². The van der Waals surface area contributed by atoms with E-state index in [1.807, 2.05) is 0 Å². The highest BCUT2D eigenvalue weighted by Crippen LogP contribution is 2.34. The smallest absolute Gasteiger partial charge is 0.293 e. The second-order valence-corrected chi connectivity index (χ2v) is 7.74. The van der Waals surface area contributed by atoms with Crippen LogP contribution in [0.25, 0.3) is 11.0 Å². The van der Waals surface area contributed by atoms with Crippen LogP contribution in [0.4, 0.5) is 11.4 Å². The van der Waals surface area contributed by atoms with Gasteiger partial charge in [-0.15, -0.1) is 0 Å². The predicted octanol–water partition coefficient (Wildman–Crippen LogP) is 6.26. The van der Waals surface area contributed by atoms with E-state index in [9.17, 15) is 9.59 Å². The third kappa shape index (κ3) is 4.60. The van der Waals surface area contributed by atoms with E-state index in [2.05, 4.69) is 10.6 Å². The summed E-state index contributed by atoms with van der Waals surface area (Å²) in [4.78, 5) is 26.1. The van der Waals surface area contributed by atoms with Crippen molar-refractivity contribution in [3.63, 3.8) is 0 Å². The second kappa shape index (κ2) is 9.44. The second-order valence-electron chi connectivity index (χ2n) is 6.90. The molecule has 7 nitrogen and oxygen atoms in total. The van der Waals surface area contributed by atoms with Gasteiger partial charge in [0.2, 0.25) is 5.76 Å². The lowest BCUT2D eigenvalue weighted by Crippen LogP contribution is -2.17. The van der Waals surface area contributed by atoms with E-state index in [0.717, 1.165) is 0 Å². The highest BCUT2D eigenvalue weighted by Gasteiger charge is 2.24. The molecule has 168 valence electrons. The van der Waals surface area contributed by atoms with Crippen molar-refractivity contribution >= 4 is 57.4 Å². The summed E-state index contributed by atoms with van der Waals surface area (Å²) in [5.41, 5.74) is 1.25. The standard InChI is InChI=1S/C24H18Cl2N2O5/c1-31-14-8-10-18(20(12-14)32-2)27-24(30)22-21(16-5-3-4-6-19(16)33-22)28-23(29)15-9-7-13(25)11-17(15)26/h3-12H,1-2H3,(H,27,30)(H,28,29). The van der Waals surface area contributed by atoms with Gasteiger partial charge in [-0.05, 0) is 42.5 Å². The number of para-hydroxylation sites is 1. The molecule has 4 aromatic rings. The molecule has 3 aromatic carbocycles. The molecule has 1 heterocycles. The number of nitrogens with one attached hydrogen (secondary N) is 2. The molecule has 33 heavy (non-hydrogen) atoms. The van der Waals surface area contributed by atoms with Crippen LogP contribution in [0.5, 0.6) is 11.5 Å². The van der Waals surface area contributed by atoms with Gasteiger partial charge in [0.15, 0.2) is 0 Å². The number of carbonyl (C=O) groups is 2. The van der Waals surface area contributed by atoms with E-state index < -0.39 is 11.8 Å². The van der Waals surface area contributed by atoms with Gasteiger partial charge < -0.3 is 24.5 Å². The Morgan fingerprint density at radius 1 is 0.879 bits per heavy atom. The Labute approximate surface area is 199 Å². The molecule has 2 N–H and O–H groups in total. The Bertz CT molecular complexity index is 1370. The van der Waals surface area contributed by atoms with Crippen molar-refractivity contribution in [2.24, 2.45) is 0 Å². The monoisotopic (exact) mass is 484 g/mol. The molecule has 0 saturated carbocycles. The van der Waals surface area contributed by atoms with Gasteiger partial charge in [0, 0.05) is 16.5 Å². The predicted molar refractivity (Wildman–Crippen MR) is 128 cm³/mol. The molecule has 0 radical (unpaired) electrons. The highest BCUT2D eigenvalue weighted by molar-refractivity contribution is 6.37. The first kappa shape index (κ1) is 22.5. The Morgan fingerprint density at radius 2 is 1.67 bits per heavy atom. The number of methoxy groups -OCH3 is 2. The van der Waals surface area contributed by atoms with Crippen molar-refractivity contribution in [3.8, 4) is 11.5 Å². The minimum absolute atomic E-state index is 0.0764. The molecule has 0 bridgehead atoms. The zero-order valence-electron chi connectivity index (χ0n) is 17.6. The molecule has 0 atom stereocenters. The first-order valence-electron chi connectivity index (χ1n) is 9.72. The maximum Gasteiger partial charge on any atom is 0.293 e.